The molecule has 30 heavy (non-hydrogen) atoms. The quantitative estimate of drug-likeness (QED) is 0.402. The number of benzene rings is 2. The van der Waals surface area contributed by atoms with Crippen molar-refractivity contribution < 1.29 is 9.53 Å². The third-order valence-corrected chi connectivity index (χ3v) is 5.59. The summed E-state index contributed by atoms with van der Waals surface area (Å²) in [5.41, 5.74) is 2.60. The van der Waals surface area contributed by atoms with Crippen LogP contribution in [0.3, 0.4) is 0 Å². The highest BCUT2D eigenvalue weighted by molar-refractivity contribution is 7.09. The van der Waals surface area contributed by atoms with E-state index in [0.717, 1.165) is 34.8 Å². The highest BCUT2D eigenvalue weighted by Gasteiger charge is 2.14. The van der Waals surface area contributed by atoms with E-state index in [1.165, 1.54) is 11.3 Å². The van der Waals surface area contributed by atoms with Crippen LogP contribution in [0.5, 0.6) is 5.75 Å². The van der Waals surface area contributed by atoms with Gasteiger partial charge in [-0.2, -0.15) is 0 Å². The third kappa shape index (κ3) is 4.80. The number of anilines is 1. The standard InChI is InChI=1S/C22H21ClN4O2S/c1-2-11-27-19-6-4-3-5-18(19)25-22(27)26-20(28)12-16-14-30-21(24-16)13-29-17-9-7-15(23)8-10-17/h3-10,14H,2,11-13H2,1H3,(H,25,26,28). The van der Waals surface area contributed by atoms with Crippen molar-refractivity contribution in [1.29, 1.82) is 0 Å². The summed E-state index contributed by atoms with van der Waals surface area (Å²) in [7, 11) is 0. The van der Waals surface area contributed by atoms with Gasteiger partial charge in [0.1, 0.15) is 17.4 Å². The normalized spacial score (nSPS) is 11.0. The van der Waals surface area contributed by atoms with Gasteiger partial charge in [0, 0.05) is 16.9 Å². The van der Waals surface area contributed by atoms with Crippen LogP contribution in [0, 0.1) is 0 Å². The Morgan fingerprint density at radius 2 is 1.97 bits per heavy atom. The van der Waals surface area contributed by atoms with E-state index < -0.39 is 0 Å². The Bertz CT molecular complexity index is 1150. The van der Waals surface area contributed by atoms with Crippen LogP contribution in [-0.4, -0.2) is 20.4 Å². The van der Waals surface area contributed by atoms with E-state index >= 15 is 0 Å². The minimum atomic E-state index is -0.141. The number of halogens is 1. The van der Waals surface area contributed by atoms with Crippen molar-refractivity contribution in [1.82, 2.24) is 14.5 Å². The number of fused-ring (bicyclic) bond motifs is 1. The predicted octanol–water partition coefficient (Wildman–Crippen LogP) is 5.32. The molecule has 2 aromatic heterocycles. The van der Waals surface area contributed by atoms with Gasteiger partial charge < -0.3 is 9.30 Å². The summed E-state index contributed by atoms with van der Waals surface area (Å²) in [6.07, 6.45) is 1.14. The average molecular weight is 441 g/mol. The second-order valence-electron chi connectivity index (χ2n) is 6.78. The van der Waals surface area contributed by atoms with Gasteiger partial charge in [-0.25, -0.2) is 9.97 Å². The van der Waals surface area contributed by atoms with Gasteiger partial charge in [-0.1, -0.05) is 30.7 Å². The van der Waals surface area contributed by atoms with Crippen molar-refractivity contribution in [3.8, 4) is 5.75 Å². The van der Waals surface area contributed by atoms with Crippen molar-refractivity contribution in [3.63, 3.8) is 0 Å². The first-order valence-corrected chi connectivity index (χ1v) is 10.9. The molecule has 154 valence electrons. The Hall–Kier alpha value is -2.90. The first-order chi connectivity index (χ1) is 14.6. The number of imidazole rings is 1. The Morgan fingerprint density at radius 3 is 2.77 bits per heavy atom. The van der Waals surface area contributed by atoms with Crippen LogP contribution in [0.15, 0.2) is 53.9 Å². The second kappa shape index (κ2) is 9.28. The van der Waals surface area contributed by atoms with E-state index in [1.807, 2.05) is 46.3 Å². The van der Waals surface area contributed by atoms with Gasteiger partial charge in [-0.05, 0) is 42.8 Å². The summed E-state index contributed by atoms with van der Waals surface area (Å²) in [5, 5.41) is 6.30. The Balaban J connectivity index is 1.38. The number of carbonyl (C=O) groups excluding carboxylic acids is 1. The smallest absolute Gasteiger partial charge is 0.232 e. The Labute approximate surface area is 183 Å². The van der Waals surface area contributed by atoms with Crippen molar-refractivity contribution >= 4 is 45.8 Å². The van der Waals surface area contributed by atoms with Gasteiger partial charge in [0.15, 0.2) is 0 Å². The van der Waals surface area contributed by atoms with Crippen LogP contribution in [0.2, 0.25) is 5.02 Å². The number of hydrogen-bond acceptors (Lipinski definition) is 5. The van der Waals surface area contributed by atoms with Crippen LogP contribution in [0.1, 0.15) is 24.0 Å². The van der Waals surface area contributed by atoms with Crippen LogP contribution in [0.4, 0.5) is 5.95 Å². The zero-order valence-corrected chi connectivity index (χ0v) is 18.0. The fraction of sp³-hybridized carbons (Fsp3) is 0.227. The lowest BCUT2D eigenvalue weighted by molar-refractivity contribution is -0.115. The summed E-state index contributed by atoms with van der Waals surface area (Å²) < 4.78 is 7.75. The molecule has 0 spiro atoms. The lowest BCUT2D eigenvalue weighted by Gasteiger charge is -2.08. The molecule has 0 aliphatic heterocycles. The molecular weight excluding hydrogens is 420 g/mol. The van der Waals surface area contributed by atoms with E-state index in [0.29, 0.717) is 23.3 Å². The maximum atomic E-state index is 12.6. The molecule has 4 rings (SSSR count). The fourth-order valence-electron chi connectivity index (χ4n) is 3.13. The lowest BCUT2D eigenvalue weighted by atomic mass is 10.3. The molecular formula is C22H21ClN4O2S. The molecule has 8 heteroatoms. The number of ether oxygens (including phenoxy) is 1. The van der Waals surface area contributed by atoms with Crippen LogP contribution < -0.4 is 10.1 Å². The molecule has 1 amide bonds. The molecule has 2 heterocycles. The summed E-state index contributed by atoms with van der Waals surface area (Å²) in [6, 6.07) is 15.1. The number of amides is 1. The average Bonchev–Trinajstić information content (AvgIpc) is 3.32. The van der Waals surface area contributed by atoms with Crippen molar-refractivity contribution in [2.24, 2.45) is 0 Å². The molecule has 0 aliphatic carbocycles. The van der Waals surface area contributed by atoms with E-state index in [9.17, 15) is 4.79 Å². The van der Waals surface area contributed by atoms with Crippen molar-refractivity contribution in [2.45, 2.75) is 32.9 Å². The highest BCUT2D eigenvalue weighted by atomic mass is 35.5. The maximum Gasteiger partial charge on any atom is 0.232 e. The van der Waals surface area contributed by atoms with Gasteiger partial charge in [0.05, 0.1) is 23.1 Å². The zero-order valence-electron chi connectivity index (χ0n) is 16.5. The number of hydrogen-bond donors (Lipinski definition) is 1. The molecule has 0 saturated heterocycles. The molecule has 0 radical (unpaired) electrons. The molecule has 0 aliphatic rings. The number of thiazole rings is 1. The number of carbonyl (C=O) groups is 1. The molecule has 0 unspecified atom stereocenters. The van der Waals surface area contributed by atoms with Gasteiger partial charge in [0.2, 0.25) is 11.9 Å². The molecule has 6 nitrogen and oxygen atoms in total. The molecule has 4 aromatic rings. The van der Waals surface area contributed by atoms with E-state index in [4.69, 9.17) is 16.3 Å². The first-order valence-electron chi connectivity index (χ1n) is 9.69. The number of nitrogens with zero attached hydrogens (tertiary/aromatic N) is 3. The highest BCUT2D eigenvalue weighted by Crippen LogP contribution is 2.21. The van der Waals surface area contributed by atoms with Crippen molar-refractivity contribution in [3.05, 3.63) is 69.6 Å². The number of para-hydroxylation sites is 2. The summed E-state index contributed by atoms with van der Waals surface area (Å²) in [6.45, 7) is 3.24. The second-order valence-corrected chi connectivity index (χ2v) is 8.15. The largest absolute Gasteiger partial charge is 0.486 e. The molecule has 0 atom stereocenters. The monoisotopic (exact) mass is 440 g/mol. The molecule has 0 saturated carbocycles. The fourth-order valence-corrected chi connectivity index (χ4v) is 3.96. The minimum Gasteiger partial charge on any atom is -0.486 e. The first kappa shape index (κ1) is 20.4. The Kier molecular flexibility index (Phi) is 6.30. The summed E-state index contributed by atoms with van der Waals surface area (Å²) in [4.78, 5) is 21.7. The third-order valence-electron chi connectivity index (χ3n) is 4.47. The van der Waals surface area contributed by atoms with Gasteiger partial charge >= 0.3 is 0 Å². The van der Waals surface area contributed by atoms with E-state index in [2.05, 4.69) is 22.2 Å². The number of aryl methyl sites for hydroxylation is 1. The number of rotatable bonds is 8. The SMILES string of the molecule is CCCn1c(NC(=O)Cc2csc(COc3ccc(Cl)cc3)n2)nc2ccccc21. The lowest BCUT2D eigenvalue weighted by Crippen LogP contribution is -2.18. The maximum absolute atomic E-state index is 12.6. The van der Waals surface area contributed by atoms with E-state index in [-0.39, 0.29) is 12.3 Å². The summed E-state index contributed by atoms with van der Waals surface area (Å²) in [5.74, 6) is 1.16. The van der Waals surface area contributed by atoms with Gasteiger partial charge in [0.25, 0.3) is 0 Å². The predicted molar refractivity (Wildman–Crippen MR) is 120 cm³/mol. The van der Waals surface area contributed by atoms with Gasteiger partial charge in [-0.15, -0.1) is 11.3 Å². The van der Waals surface area contributed by atoms with Crippen LogP contribution in [-0.2, 0) is 24.4 Å². The molecule has 2 aromatic carbocycles. The minimum absolute atomic E-state index is 0.141. The Morgan fingerprint density at radius 1 is 1.17 bits per heavy atom. The zero-order chi connectivity index (χ0) is 20.9. The molecule has 0 fully saturated rings. The van der Waals surface area contributed by atoms with Crippen LogP contribution >= 0.6 is 22.9 Å². The number of nitrogens with one attached hydrogen (secondary N) is 1. The van der Waals surface area contributed by atoms with Gasteiger partial charge in [-0.3, -0.25) is 10.1 Å². The van der Waals surface area contributed by atoms with E-state index in [1.54, 1.807) is 12.1 Å². The topological polar surface area (TPSA) is 69.0 Å². The van der Waals surface area contributed by atoms with Crippen LogP contribution in [0.25, 0.3) is 11.0 Å². The number of aromatic nitrogens is 3. The van der Waals surface area contributed by atoms with Crippen molar-refractivity contribution in [2.75, 3.05) is 5.32 Å². The summed E-state index contributed by atoms with van der Waals surface area (Å²) >= 11 is 7.35. The molecule has 1 N–H and O–H groups in total. The molecule has 0 bridgehead atoms.